The maximum absolute atomic E-state index is 12.3. The SMILES string of the molecule is CN=C(NCCCn1nc(C)cc1C)NCc1ccc(OCC(F)(F)F)c(OC)c1. The minimum atomic E-state index is -4.40. The van der Waals surface area contributed by atoms with E-state index >= 15 is 0 Å². The molecule has 0 atom stereocenters. The summed E-state index contributed by atoms with van der Waals surface area (Å²) in [5.74, 6) is 0.913. The van der Waals surface area contributed by atoms with E-state index in [-0.39, 0.29) is 11.5 Å². The number of aryl methyl sites for hydroxylation is 3. The highest BCUT2D eigenvalue weighted by molar-refractivity contribution is 5.79. The second kappa shape index (κ2) is 10.7. The van der Waals surface area contributed by atoms with Gasteiger partial charge in [0.25, 0.3) is 0 Å². The van der Waals surface area contributed by atoms with Crippen LogP contribution in [-0.2, 0) is 13.1 Å². The number of hydrogen-bond donors (Lipinski definition) is 2. The number of benzene rings is 1. The van der Waals surface area contributed by atoms with Crippen LogP contribution in [-0.4, -0.2) is 49.2 Å². The predicted octanol–water partition coefficient (Wildman–Crippen LogP) is 3.20. The van der Waals surface area contributed by atoms with Crippen molar-refractivity contribution in [2.75, 3.05) is 27.3 Å². The molecule has 0 bridgehead atoms. The first-order chi connectivity index (χ1) is 14.2. The Morgan fingerprint density at radius 2 is 1.93 bits per heavy atom. The molecule has 0 spiro atoms. The highest BCUT2D eigenvalue weighted by atomic mass is 19.4. The maximum atomic E-state index is 12.3. The first kappa shape index (κ1) is 23.4. The predicted molar refractivity (Wildman–Crippen MR) is 109 cm³/mol. The number of alkyl halides is 3. The molecule has 7 nitrogen and oxygen atoms in total. The van der Waals surface area contributed by atoms with Gasteiger partial charge in [-0.25, -0.2) is 0 Å². The van der Waals surface area contributed by atoms with Crippen LogP contribution in [0.2, 0.25) is 0 Å². The van der Waals surface area contributed by atoms with E-state index in [4.69, 9.17) is 9.47 Å². The molecule has 0 radical (unpaired) electrons. The third kappa shape index (κ3) is 7.49. The summed E-state index contributed by atoms with van der Waals surface area (Å²) in [6, 6.07) is 6.82. The van der Waals surface area contributed by atoms with E-state index in [1.165, 1.54) is 13.2 Å². The van der Waals surface area contributed by atoms with Gasteiger partial charge in [0.1, 0.15) is 0 Å². The highest BCUT2D eigenvalue weighted by Gasteiger charge is 2.29. The zero-order valence-corrected chi connectivity index (χ0v) is 17.6. The van der Waals surface area contributed by atoms with Gasteiger partial charge in [-0.1, -0.05) is 6.07 Å². The Morgan fingerprint density at radius 3 is 2.53 bits per heavy atom. The van der Waals surface area contributed by atoms with Crippen LogP contribution in [0.25, 0.3) is 0 Å². The molecule has 0 aliphatic carbocycles. The van der Waals surface area contributed by atoms with Crippen LogP contribution in [0.4, 0.5) is 13.2 Å². The normalized spacial score (nSPS) is 12.0. The molecule has 2 aromatic rings. The van der Waals surface area contributed by atoms with Crippen molar-refractivity contribution in [3.8, 4) is 11.5 Å². The minimum Gasteiger partial charge on any atom is -0.493 e. The molecule has 2 rings (SSSR count). The lowest BCUT2D eigenvalue weighted by atomic mass is 10.2. The van der Waals surface area contributed by atoms with Crippen LogP contribution < -0.4 is 20.1 Å². The number of nitrogens with zero attached hydrogens (tertiary/aromatic N) is 3. The Bertz CT molecular complexity index is 849. The lowest BCUT2D eigenvalue weighted by Gasteiger charge is -2.15. The van der Waals surface area contributed by atoms with Crippen LogP contribution in [0.3, 0.4) is 0 Å². The van der Waals surface area contributed by atoms with Crippen molar-refractivity contribution in [1.29, 1.82) is 0 Å². The van der Waals surface area contributed by atoms with E-state index in [0.29, 0.717) is 19.0 Å². The van der Waals surface area contributed by atoms with Gasteiger partial charge < -0.3 is 20.1 Å². The van der Waals surface area contributed by atoms with E-state index in [1.807, 2.05) is 24.6 Å². The first-order valence-electron chi connectivity index (χ1n) is 9.54. The van der Waals surface area contributed by atoms with Crippen molar-refractivity contribution in [1.82, 2.24) is 20.4 Å². The number of guanidine groups is 1. The fourth-order valence-electron chi connectivity index (χ4n) is 2.84. The average molecular weight is 427 g/mol. The molecule has 0 amide bonds. The first-order valence-corrected chi connectivity index (χ1v) is 9.54. The Hall–Kier alpha value is -2.91. The lowest BCUT2D eigenvalue weighted by molar-refractivity contribution is -0.153. The Balaban J connectivity index is 1.81. The molecule has 0 aliphatic heterocycles. The van der Waals surface area contributed by atoms with Crippen LogP contribution in [0.5, 0.6) is 11.5 Å². The van der Waals surface area contributed by atoms with Crippen LogP contribution in [0, 0.1) is 13.8 Å². The van der Waals surface area contributed by atoms with Gasteiger partial charge >= 0.3 is 6.18 Å². The van der Waals surface area contributed by atoms with Gasteiger partial charge in [0.05, 0.1) is 12.8 Å². The summed E-state index contributed by atoms with van der Waals surface area (Å²) < 4.78 is 49.0. The summed E-state index contributed by atoms with van der Waals surface area (Å²) in [7, 11) is 3.06. The van der Waals surface area contributed by atoms with Crippen molar-refractivity contribution in [3.05, 3.63) is 41.2 Å². The van der Waals surface area contributed by atoms with Crippen LogP contribution in [0.1, 0.15) is 23.4 Å². The molecule has 0 aliphatic rings. The van der Waals surface area contributed by atoms with E-state index in [2.05, 4.69) is 20.7 Å². The maximum Gasteiger partial charge on any atom is 0.422 e. The summed E-state index contributed by atoms with van der Waals surface area (Å²) in [5.41, 5.74) is 2.95. The van der Waals surface area contributed by atoms with Gasteiger partial charge in [0.2, 0.25) is 0 Å². The summed E-state index contributed by atoms with van der Waals surface area (Å²) in [5, 5.41) is 10.8. The zero-order valence-electron chi connectivity index (χ0n) is 17.6. The molecule has 1 aromatic carbocycles. The van der Waals surface area contributed by atoms with Crippen LogP contribution >= 0.6 is 0 Å². The Kier molecular flexibility index (Phi) is 8.37. The number of rotatable bonds is 9. The van der Waals surface area contributed by atoms with Gasteiger partial charge in [0.15, 0.2) is 24.1 Å². The molecule has 30 heavy (non-hydrogen) atoms. The third-order valence-corrected chi connectivity index (χ3v) is 4.25. The van der Waals surface area contributed by atoms with Crippen molar-refractivity contribution < 1.29 is 22.6 Å². The van der Waals surface area contributed by atoms with E-state index in [0.717, 1.165) is 29.9 Å². The monoisotopic (exact) mass is 427 g/mol. The lowest BCUT2D eigenvalue weighted by Crippen LogP contribution is -2.37. The molecule has 0 fully saturated rings. The van der Waals surface area contributed by atoms with Gasteiger partial charge in [0, 0.05) is 32.4 Å². The Morgan fingerprint density at radius 1 is 1.17 bits per heavy atom. The van der Waals surface area contributed by atoms with E-state index in [1.54, 1.807) is 19.2 Å². The molecule has 2 N–H and O–H groups in total. The van der Waals surface area contributed by atoms with E-state index in [9.17, 15) is 13.2 Å². The third-order valence-electron chi connectivity index (χ3n) is 4.25. The summed E-state index contributed by atoms with van der Waals surface area (Å²) in [6.07, 6.45) is -3.53. The number of methoxy groups -OCH3 is 1. The van der Waals surface area contributed by atoms with Crippen molar-refractivity contribution in [2.24, 2.45) is 4.99 Å². The summed E-state index contributed by atoms with van der Waals surface area (Å²) in [6.45, 7) is 4.58. The topological polar surface area (TPSA) is 72.7 Å². The molecule has 1 aromatic heterocycles. The highest BCUT2D eigenvalue weighted by Crippen LogP contribution is 2.29. The molecular formula is C20H28F3N5O2. The van der Waals surface area contributed by atoms with Gasteiger partial charge in [-0.3, -0.25) is 9.67 Å². The standard InChI is InChI=1S/C20H28F3N5O2/c1-14-10-15(2)28(27-14)9-5-8-25-19(24-3)26-12-16-6-7-17(18(11-16)29-4)30-13-20(21,22)23/h6-7,10-11H,5,8-9,12-13H2,1-4H3,(H2,24,25,26). The minimum absolute atomic E-state index is 0.0465. The Labute approximate surface area is 174 Å². The average Bonchev–Trinajstić information content (AvgIpc) is 3.02. The van der Waals surface area contributed by atoms with Gasteiger partial charge in [-0.2, -0.15) is 18.3 Å². The number of halogens is 3. The fourth-order valence-corrected chi connectivity index (χ4v) is 2.84. The quantitative estimate of drug-likeness (QED) is 0.365. The second-order valence-electron chi connectivity index (χ2n) is 6.75. The molecule has 10 heteroatoms. The number of nitrogens with one attached hydrogen (secondary N) is 2. The summed E-state index contributed by atoms with van der Waals surface area (Å²) >= 11 is 0. The molecule has 1 heterocycles. The molecular weight excluding hydrogens is 399 g/mol. The van der Waals surface area contributed by atoms with E-state index < -0.39 is 12.8 Å². The second-order valence-corrected chi connectivity index (χ2v) is 6.75. The number of aromatic nitrogens is 2. The molecule has 0 saturated carbocycles. The van der Waals surface area contributed by atoms with Gasteiger partial charge in [-0.05, 0) is 44.0 Å². The number of aliphatic imine (C=N–C) groups is 1. The number of hydrogen-bond acceptors (Lipinski definition) is 4. The number of ether oxygens (including phenoxy) is 2. The summed E-state index contributed by atoms with van der Waals surface area (Å²) in [4.78, 5) is 4.18. The van der Waals surface area contributed by atoms with Crippen molar-refractivity contribution >= 4 is 5.96 Å². The smallest absolute Gasteiger partial charge is 0.422 e. The zero-order chi connectivity index (χ0) is 22.1. The largest absolute Gasteiger partial charge is 0.493 e. The molecule has 0 unspecified atom stereocenters. The molecule has 166 valence electrons. The van der Waals surface area contributed by atoms with Crippen LogP contribution in [0.15, 0.2) is 29.3 Å². The van der Waals surface area contributed by atoms with Gasteiger partial charge in [-0.15, -0.1) is 0 Å². The van der Waals surface area contributed by atoms with Crippen molar-refractivity contribution in [2.45, 2.75) is 39.5 Å². The van der Waals surface area contributed by atoms with Crippen molar-refractivity contribution in [3.63, 3.8) is 0 Å². The molecule has 0 saturated heterocycles. The fraction of sp³-hybridized carbons (Fsp3) is 0.500.